The third-order valence-corrected chi connectivity index (χ3v) is 4.93. The highest BCUT2D eigenvalue weighted by molar-refractivity contribution is 7.20. The van der Waals surface area contributed by atoms with Crippen molar-refractivity contribution in [3.63, 3.8) is 0 Å². The fourth-order valence-corrected chi connectivity index (χ4v) is 3.37. The third kappa shape index (κ3) is 4.02. The smallest absolute Gasteiger partial charge is 0.318 e. The first-order valence-corrected chi connectivity index (χ1v) is 8.66. The van der Waals surface area contributed by atoms with Crippen LogP contribution in [0.1, 0.15) is 15.2 Å². The number of phenols is 1. The van der Waals surface area contributed by atoms with Gasteiger partial charge in [0, 0.05) is 28.3 Å². The van der Waals surface area contributed by atoms with Crippen LogP contribution in [-0.4, -0.2) is 32.0 Å². The number of nitro benzene ring substituents is 3. The van der Waals surface area contributed by atoms with E-state index in [1.165, 1.54) is 24.3 Å². The molecule has 1 aromatic heterocycles. The standard InChI is InChI=1S/C16H9N5O8S/c22-15-9(4-11(20(26)27)6-12(15)21(28)29)7-17-18-16(23)14-5-8-3-10(19(24)25)1-2-13(8)30-14/h1-7,22H,(H,18,23)/b17-7-. The highest BCUT2D eigenvalue weighted by atomic mass is 32.1. The van der Waals surface area contributed by atoms with Crippen LogP contribution >= 0.6 is 11.3 Å². The summed E-state index contributed by atoms with van der Waals surface area (Å²) in [5.41, 5.74) is 0.124. The van der Waals surface area contributed by atoms with Crippen LogP contribution in [0.15, 0.2) is 41.5 Å². The second-order valence-corrected chi connectivity index (χ2v) is 6.79. The van der Waals surface area contributed by atoms with Gasteiger partial charge in [-0.25, -0.2) is 5.43 Å². The van der Waals surface area contributed by atoms with Gasteiger partial charge in [0.05, 0.1) is 37.5 Å². The van der Waals surface area contributed by atoms with Crippen LogP contribution in [-0.2, 0) is 0 Å². The zero-order valence-electron chi connectivity index (χ0n) is 14.5. The number of nitrogens with zero attached hydrogens (tertiary/aromatic N) is 4. The number of carbonyl (C=O) groups is 1. The number of carbonyl (C=O) groups excluding carboxylic acids is 1. The maximum atomic E-state index is 12.2. The molecule has 1 amide bonds. The van der Waals surface area contributed by atoms with Gasteiger partial charge >= 0.3 is 5.69 Å². The van der Waals surface area contributed by atoms with Crippen LogP contribution in [0.4, 0.5) is 17.1 Å². The van der Waals surface area contributed by atoms with Crippen molar-refractivity contribution < 1.29 is 24.7 Å². The minimum atomic E-state index is -0.991. The van der Waals surface area contributed by atoms with Crippen molar-refractivity contribution in [2.24, 2.45) is 5.10 Å². The Morgan fingerprint density at radius 2 is 1.70 bits per heavy atom. The number of hydrogen-bond acceptors (Lipinski definition) is 10. The van der Waals surface area contributed by atoms with Gasteiger partial charge in [-0.05, 0) is 12.1 Å². The molecule has 0 spiro atoms. The molecule has 152 valence electrons. The first-order valence-electron chi connectivity index (χ1n) is 7.84. The van der Waals surface area contributed by atoms with Crippen molar-refractivity contribution in [2.45, 2.75) is 0 Å². The summed E-state index contributed by atoms with van der Waals surface area (Å²) in [5.74, 6) is -1.53. The summed E-state index contributed by atoms with van der Waals surface area (Å²) in [5, 5.41) is 46.6. The zero-order chi connectivity index (χ0) is 22.0. The van der Waals surface area contributed by atoms with E-state index in [0.29, 0.717) is 16.2 Å². The third-order valence-electron chi connectivity index (χ3n) is 3.82. The first kappa shape index (κ1) is 20.3. The van der Waals surface area contributed by atoms with Gasteiger partial charge in [0.2, 0.25) is 5.75 Å². The van der Waals surface area contributed by atoms with Crippen LogP contribution in [0.3, 0.4) is 0 Å². The molecule has 0 radical (unpaired) electrons. The van der Waals surface area contributed by atoms with Gasteiger partial charge < -0.3 is 5.11 Å². The van der Waals surface area contributed by atoms with E-state index < -0.39 is 37.8 Å². The maximum Gasteiger partial charge on any atom is 0.318 e. The van der Waals surface area contributed by atoms with Crippen molar-refractivity contribution in [2.75, 3.05) is 0 Å². The summed E-state index contributed by atoms with van der Waals surface area (Å²) in [4.78, 5) is 42.6. The molecule has 1 heterocycles. The summed E-state index contributed by atoms with van der Waals surface area (Å²) >= 11 is 1.05. The average molecular weight is 431 g/mol. The number of rotatable bonds is 6. The Morgan fingerprint density at radius 3 is 2.33 bits per heavy atom. The van der Waals surface area contributed by atoms with Crippen molar-refractivity contribution in [1.29, 1.82) is 0 Å². The Kier molecular flexibility index (Phi) is 5.33. The second-order valence-electron chi connectivity index (χ2n) is 5.71. The Balaban J connectivity index is 1.84. The number of benzene rings is 2. The van der Waals surface area contributed by atoms with E-state index in [0.717, 1.165) is 23.6 Å². The van der Waals surface area contributed by atoms with E-state index in [1.54, 1.807) is 0 Å². The number of non-ortho nitro benzene ring substituents is 2. The van der Waals surface area contributed by atoms with Crippen molar-refractivity contribution in [3.8, 4) is 5.75 Å². The molecular formula is C16H9N5O8S. The Labute approximate surface area is 169 Å². The lowest BCUT2D eigenvalue weighted by molar-refractivity contribution is -0.394. The SMILES string of the molecule is O=C(N/N=C\c1cc([N+](=O)[O-])cc([N+](=O)[O-])c1O)c1cc2cc([N+](=O)[O-])ccc2s1. The van der Waals surface area contributed by atoms with Crippen LogP contribution in [0.5, 0.6) is 5.75 Å². The molecule has 13 nitrogen and oxygen atoms in total. The monoisotopic (exact) mass is 431 g/mol. The topological polar surface area (TPSA) is 191 Å². The Morgan fingerprint density at radius 1 is 1.00 bits per heavy atom. The lowest BCUT2D eigenvalue weighted by atomic mass is 10.1. The number of nitro groups is 3. The van der Waals surface area contributed by atoms with Gasteiger partial charge in [-0.15, -0.1) is 11.3 Å². The number of hydrogen-bond donors (Lipinski definition) is 2. The molecule has 3 aromatic rings. The van der Waals surface area contributed by atoms with Crippen LogP contribution in [0, 0.1) is 30.3 Å². The summed E-state index contributed by atoms with van der Waals surface area (Å²) in [6, 6.07) is 6.99. The lowest BCUT2D eigenvalue weighted by Gasteiger charge is -2.01. The number of phenolic OH excluding ortho intramolecular Hbond substituents is 1. The highest BCUT2D eigenvalue weighted by Crippen LogP contribution is 2.33. The van der Waals surface area contributed by atoms with Gasteiger partial charge in [-0.1, -0.05) is 0 Å². The molecule has 0 unspecified atom stereocenters. The largest absolute Gasteiger partial charge is 0.502 e. The van der Waals surface area contributed by atoms with E-state index in [4.69, 9.17) is 0 Å². The van der Waals surface area contributed by atoms with E-state index >= 15 is 0 Å². The van der Waals surface area contributed by atoms with Crippen molar-refractivity contribution in [1.82, 2.24) is 5.43 Å². The van der Waals surface area contributed by atoms with Crippen LogP contribution < -0.4 is 5.43 Å². The molecule has 0 aliphatic rings. The number of fused-ring (bicyclic) bond motifs is 1. The molecule has 0 aliphatic carbocycles. The minimum Gasteiger partial charge on any atom is -0.502 e. The summed E-state index contributed by atoms with van der Waals surface area (Å²) in [6.07, 6.45) is 0.825. The Hall–Kier alpha value is -4.46. The lowest BCUT2D eigenvalue weighted by Crippen LogP contribution is -2.16. The van der Waals surface area contributed by atoms with Gasteiger partial charge in [0.25, 0.3) is 17.3 Å². The number of amides is 1. The number of aromatic hydroxyl groups is 1. The van der Waals surface area contributed by atoms with E-state index in [9.17, 15) is 40.2 Å². The van der Waals surface area contributed by atoms with E-state index in [1.807, 2.05) is 0 Å². The normalized spacial score (nSPS) is 10.9. The molecule has 0 saturated heterocycles. The molecule has 0 bridgehead atoms. The Bertz CT molecular complexity index is 1250. The van der Waals surface area contributed by atoms with Gasteiger partial charge in [-0.2, -0.15) is 5.10 Å². The first-order chi connectivity index (χ1) is 14.2. The highest BCUT2D eigenvalue weighted by Gasteiger charge is 2.23. The van der Waals surface area contributed by atoms with Crippen LogP contribution in [0.2, 0.25) is 0 Å². The summed E-state index contributed by atoms with van der Waals surface area (Å²) < 4.78 is 0.627. The van der Waals surface area contributed by atoms with Gasteiger partial charge in [0.15, 0.2) is 0 Å². The number of nitrogens with one attached hydrogen (secondary N) is 1. The molecule has 3 rings (SSSR count). The zero-order valence-corrected chi connectivity index (χ0v) is 15.4. The minimum absolute atomic E-state index is 0.131. The van der Waals surface area contributed by atoms with Gasteiger partial charge in [0.1, 0.15) is 0 Å². The van der Waals surface area contributed by atoms with Gasteiger partial charge in [-0.3, -0.25) is 35.1 Å². The molecule has 0 atom stereocenters. The summed E-state index contributed by atoms with van der Waals surface area (Å²) in [6.45, 7) is 0. The van der Waals surface area contributed by atoms with E-state index in [-0.39, 0.29) is 16.1 Å². The average Bonchev–Trinajstić information content (AvgIpc) is 3.12. The molecule has 2 aromatic carbocycles. The maximum absolute atomic E-state index is 12.2. The number of thiophene rings is 1. The van der Waals surface area contributed by atoms with E-state index in [2.05, 4.69) is 10.5 Å². The van der Waals surface area contributed by atoms with Crippen molar-refractivity contribution >= 4 is 50.6 Å². The quantitative estimate of drug-likeness (QED) is 0.338. The summed E-state index contributed by atoms with van der Waals surface area (Å²) in [7, 11) is 0. The molecule has 0 saturated carbocycles. The molecule has 30 heavy (non-hydrogen) atoms. The predicted molar refractivity (Wildman–Crippen MR) is 105 cm³/mol. The van der Waals surface area contributed by atoms with Crippen LogP contribution in [0.25, 0.3) is 10.1 Å². The molecular weight excluding hydrogens is 422 g/mol. The molecule has 0 fully saturated rings. The fourth-order valence-electron chi connectivity index (χ4n) is 2.44. The predicted octanol–water partition coefficient (Wildman–Crippen LogP) is 3.10. The molecule has 2 N–H and O–H groups in total. The molecule has 14 heteroatoms. The van der Waals surface area contributed by atoms with Crippen molar-refractivity contribution in [3.05, 3.63) is 77.2 Å². The second kappa shape index (κ2) is 7.88. The molecule has 0 aliphatic heterocycles. The number of hydrazone groups is 1. The fraction of sp³-hybridized carbons (Fsp3) is 0.